The molecule has 0 saturated heterocycles. The lowest BCUT2D eigenvalue weighted by atomic mass is 9.72. The molecule has 2 unspecified atom stereocenters. The Bertz CT molecular complexity index is 1610. The number of aromatic hydroxyl groups is 2. The molecule has 10 heteroatoms. The number of pyridine rings is 1. The van der Waals surface area contributed by atoms with Crippen LogP contribution in [0.1, 0.15) is 61.2 Å². The highest BCUT2D eigenvalue weighted by Crippen LogP contribution is 2.52. The van der Waals surface area contributed by atoms with Gasteiger partial charge in [-0.3, -0.25) is 14.6 Å². The Balaban J connectivity index is 1.49. The Labute approximate surface area is 214 Å². The Kier molecular flexibility index (Phi) is 5.16. The van der Waals surface area contributed by atoms with Crippen LogP contribution in [0.25, 0.3) is 10.6 Å². The number of ether oxygens (including phenoxy) is 1. The van der Waals surface area contributed by atoms with Gasteiger partial charge in [0.1, 0.15) is 27.9 Å². The molecule has 4 N–H and O–H groups in total. The Hall–Kier alpha value is -4.12. The van der Waals surface area contributed by atoms with Gasteiger partial charge in [-0.2, -0.15) is 0 Å². The van der Waals surface area contributed by atoms with E-state index in [9.17, 15) is 30.0 Å². The normalized spacial score (nSPS) is 20.2. The van der Waals surface area contributed by atoms with Gasteiger partial charge < -0.3 is 25.2 Å². The van der Waals surface area contributed by atoms with Crippen LogP contribution in [-0.2, 0) is 12.0 Å². The minimum atomic E-state index is -1.70. The lowest BCUT2D eigenvalue weighted by Crippen LogP contribution is -2.36. The lowest BCUT2D eigenvalue weighted by molar-refractivity contribution is -0.0307. The number of phenols is 2. The van der Waals surface area contributed by atoms with E-state index >= 15 is 0 Å². The molecular weight excluding hydrogens is 496 g/mol. The Morgan fingerprint density at radius 1 is 1.03 bits per heavy atom. The van der Waals surface area contributed by atoms with Gasteiger partial charge in [-0.1, -0.05) is 12.1 Å². The van der Waals surface area contributed by atoms with E-state index in [1.54, 1.807) is 36.0 Å². The molecular formula is C27H20N2O7S. The molecule has 0 bridgehead atoms. The first-order valence-corrected chi connectivity index (χ1v) is 12.3. The number of aromatic nitrogens is 2. The summed E-state index contributed by atoms with van der Waals surface area (Å²) in [4.78, 5) is 35.4. The fourth-order valence-electron chi connectivity index (χ4n) is 5.25. The summed E-state index contributed by atoms with van der Waals surface area (Å²) in [5.74, 6) is -2.37. The van der Waals surface area contributed by atoms with Gasteiger partial charge in [0.05, 0.1) is 35.6 Å². The summed E-state index contributed by atoms with van der Waals surface area (Å²) in [5, 5.41) is 47.4. The van der Waals surface area contributed by atoms with Gasteiger partial charge in [0.15, 0.2) is 5.78 Å². The maximum atomic E-state index is 13.4. The van der Waals surface area contributed by atoms with Gasteiger partial charge in [-0.15, -0.1) is 11.3 Å². The van der Waals surface area contributed by atoms with Gasteiger partial charge >= 0.3 is 0 Å². The number of hydrogen-bond acceptors (Lipinski definition) is 10. The quantitative estimate of drug-likeness (QED) is 0.265. The zero-order chi connectivity index (χ0) is 26.1. The van der Waals surface area contributed by atoms with Crippen molar-refractivity contribution < 1.29 is 34.8 Å². The third-order valence-electron chi connectivity index (χ3n) is 7.00. The molecule has 2 atom stereocenters. The number of thiazole rings is 1. The number of phenolic OH excluding ortho intramolecular Hbond substituents is 2. The van der Waals surface area contributed by atoms with Crippen LogP contribution in [-0.4, -0.2) is 49.1 Å². The third-order valence-corrected chi connectivity index (χ3v) is 7.89. The molecule has 0 amide bonds. The van der Waals surface area contributed by atoms with E-state index in [1.165, 1.54) is 30.6 Å². The van der Waals surface area contributed by atoms with Crippen molar-refractivity contribution >= 4 is 22.9 Å². The second-order valence-corrected chi connectivity index (χ2v) is 9.94. The number of ketones is 2. The molecule has 2 aliphatic rings. The van der Waals surface area contributed by atoms with E-state index in [4.69, 9.17) is 4.74 Å². The number of nitrogens with zero attached hydrogens (tertiary/aromatic N) is 2. The number of carbonyl (C=O) groups excluding carboxylic acids is 2. The molecule has 0 aliphatic heterocycles. The highest BCUT2D eigenvalue weighted by atomic mass is 32.1. The number of benzene rings is 2. The van der Waals surface area contributed by atoms with Crippen LogP contribution >= 0.6 is 11.3 Å². The molecule has 0 radical (unpaired) electrons. The average molecular weight is 517 g/mol. The van der Waals surface area contributed by atoms with Crippen molar-refractivity contribution in [1.29, 1.82) is 0 Å². The highest BCUT2D eigenvalue weighted by molar-refractivity contribution is 7.13. The van der Waals surface area contributed by atoms with Crippen LogP contribution in [0.15, 0.2) is 48.1 Å². The number of rotatable bonds is 3. The smallest absolute Gasteiger partial charge is 0.202 e. The molecule has 0 spiro atoms. The molecule has 2 aromatic heterocycles. The monoisotopic (exact) mass is 516 g/mol. The van der Waals surface area contributed by atoms with Gasteiger partial charge in [0.25, 0.3) is 0 Å². The van der Waals surface area contributed by atoms with Crippen LogP contribution in [0, 0.1) is 0 Å². The van der Waals surface area contributed by atoms with Gasteiger partial charge in [0.2, 0.25) is 5.78 Å². The second kappa shape index (κ2) is 8.20. The highest BCUT2D eigenvalue weighted by Gasteiger charge is 2.47. The number of fused-ring (bicyclic) bond motifs is 3. The molecule has 9 nitrogen and oxygen atoms in total. The molecule has 4 aromatic rings. The van der Waals surface area contributed by atoms with Crippen molar-refractivity contribution in [2.45, 2.75) is 24.5 Å². The van der Waals surface area contributed by atoms with Crippen LogP contribution in [0.3, 0.4) is 0 Å². The van der Waals surface area contributed by atoms with E-state index in [0.717, 1.165) is 5.56 Å². The molecule has 0 saturated carbocycles. The zero-order valence-electron chi connectivity index (χ0n) is 19.4. The molecule has 2 aliphatic carbocycles. The summed E-state index contributed by atoms with van der Waals surface area (Å²) in [7, 11) is 1.36. The average Bonchev–Trinajstić information content (AvgIpc) is 3.40. The minimum Gasteiger partial charge on any atom is -0.507 e. The topological polar surface area (TPSA) is 150 Å². The van der Waals surface area contributed by atoms with Crippen molar-refractivity contribution in [2.24, 2.45) is 0 Å². The van der Waals surface area contributed by atoms with Gasteiger partial charge in [-0.05, 0) is 18.2 Å². The summed E-state index contributed by atoms with van der Waals surface area (Å²) in [5.41, 5.74) is -1.47. The van der Waals surface area contributed by atoms with Gasteiger partial charge in [-0.25, -0.2) is 4.98 Å². The zero-order valence-corrected chi connectivity index (χ0v) is 20.2. The van der Waals surface area contributed by atoms with Crippen molar-refractivity contribution in [2.75, 3.05) is 7.11 Å². The Morgan fingerprint density at radius 2 is 1.76 bits per heavy atom. The summed E-state index contributed by atoms with van der Waals surface area (Å²) in [6.07, 6.45) is 1.33. The number of aliphatic hydroxyl groups excluding tert-OH is 1. The minimum absolute atomic E-state index is 0.0107. The fraction of sp³-hybridized carbons (Fsp3) is 0.185. The van der Waals surface area contributed by atoms with E-state index < -0.39 is 40.3 Å². The van der Waals surface area contributed by atoms with Crippen molar-refractivity contribution in [3.8, 4) is 27.8 Å². The molecule has 2 aromatic carbocycles. The Morgan fingerprint density at radius 3 is 2.49 bits per heavy atom. The van der Waals surface area contributed by atoms with E-state index in [-0.39, 0.29) is 52.1 Å². The lowest BCUT2D eigenvalue weighted by Gasteiger charge is -2.37. The van der Waals surface area contributed by atoms with E-state index in [2.05, 4.69) is 9.97 Å². The van der Waals surface area contributed by atoms with Crippen LogP contribution < -0.4 is 4.74 Å². The van der Waals surface area contributed by atoms with Crippen molar-refractivity contribution in [3.63, 3.8) is 0 Å². The summed E-state index contributed by atoms with van der Waals surface area (Å²) in [6.45, 7) is 0. The van der Waals surface area contributed by atoms with Crippen molar-refractivity contribution in [3.05, 3.63) is 87.2 Å². The molecule has 0 fully saturated rings. The second-order valence-electron chi connectivity index (χ2n) is 9.08. The molecule has 2 heterocycles. The number of methoxy groups -OCH3 is 1. The maximum absolute atomic E-state index is 13.4. The van der Waals surface area contributed by atoms with Crippen LogP contribution in [0.5, 0.6) is 17.2 Å². The summed E-state index contributed by atoms with van der Waals surface area (Å²) in [6, 6.07) is 8.08. The third kappa shape index (κ3) is 3.30. The molecule has 37 heavy (non-hydrogen) atoms. The standard InChI is InChI=1S/C27H20N2O7S/c1-36-16-4-2-3-13-19(16)25(34)21-20(22(13)31)23(32)14-9-27(35,10-15(30)18(14)24(21)33)17-11-37-26(29-17)12-5-7-28-8-6-12/h2-8,11,15,30,32-33,35H,9-10H2,1H3. The summed E-state index contributed by atoms with van der Waals surface area (Å²) >= 11 is 1.30. The fourth-order valence-corrected chi connectivity index (χ4v) is 6.17. The molecule has 186 valence electrons. The van der Waals surface area contributed by atoms with E-state index in [1.807, 2.05) is 0 Å². The SMILES string of the molecule is COc1cccc2c1C(=O)c1c(O)c3c(c(O)c1C2=O)CC(O)(c1csc(-c2ccncc2)n1)CC3O. The first-order valence-electron chi connectivity index (χ1n) is 11.4. The molecule has 6 rings (SSSR count). The number of hydrogen-bond donors (Lipinski definition) is 4. The summed E-state index contributed by atoms with van der Waals surface area (Å²) < 4.78 is 5.25. The first-order chi connectivity index (χ1) is 17.7. The number of aliphatic hydroxyl groups is 2. The van der Waals surface area contributed by atoms with Crippen LogP contribution in [0.4, 0.5) is 0 Å². The van der Waals surface area contributed by atoms with E-state index in [0.29, 0.717) is 5.01 Å². The maximum Gasteiger partial charge on any atom is 0.202 e. The largest absolute Gasteiger partial charge is 0.507 e. The van der Waals surface area contributed by atoms with Crippen molar-refractivity contribution in [1.82, 2.24) is 9.97 Å². The number of carbonyl (C=O) groups is 2. The first kappa shape index (κ1) is 23.3. The predicted octanol–water partition coefficient (Wildman–Crippen LogP) is 3.27. The van der Waals surface area contributed by atoms with Crippen LogP contribution in [0.2, 0.25) is 0 Å². The predicted molar refractivity (Wildman–Crippen MR) is 132 cm³/mol. The van der Waals surface area contributed by atoms with Gasteiger partial charge in [0, 0.05) is 52.9 Å².